The average molecular weight is 290 g/mol. The Kier molecular flexibility index (Phi) is 7.42. The van der Waals surface area contributed by atoms with Gasteiger partial charge in [-0.2, -0.15) is 0 Å². The van der Waals surface area contributed by atoms with E-state index in [-0.39, 0.29) is 35.5 Å². The van der Waals surface area contributed by atoms with Crippen molar-refractivity contribution >= 4 is 19.2 Å². The number of ketones is 2. The number of allylic oxidation sites excluding steroid dienone is 2. The van der Waals surface area contributed by atoms with Crippen molar-refractivity contribution in [2.24, 2.45) is 0 Å². The Morgan fingerprint density at radius 1 is 1.00 bits per heavy atom. The first-order valence-electron chi connectivity index (χ1n) is 6.25. The molecule has 110 valence electrons. The third kappa shape index (κ3) is 7.41. The lowest BCUT2D eigenvalue weighted by Crippen LogP contribution is -2.12. The fraction of sp³-hybridized carbons (Fsp3) is 0.692. The van der Waals surface area contributed by atoms with Gasteiger partial charge in [-0.05, 0) is 41.5 Å². The van der Waals surface area contributed by atoms with Crippen molar-refractivity contribution in [2.75, 3.05) is 6.16 Å². The molecule has 0 aromatic heterocycles. The zero-order valence-corrected chi connectivity index (χ0v) is 13.3. The Morgan fingerprint density at radius 3 is 1.63 bits per heavy atom. The van der Waals surface area contributed by atoms with E-state index in [0.29, 0.717) is 0 Å². The second kappa shape index (κ2) is 7.73. The topological polar surface area (TPSA) is 69.7 Å². The van der Waals surface area contributed by atoms with Crippen LogP contribution in [0, 0.1) is 0 Å². The molecule has 0 fully saturated rings. The van der Waals surface area contributed by atoms with Crippen LogP contribution in [0.1, 0.15) is 41.5 Å². The van der Waals surface area contributed by atoms with Gasteiger partial charge in [0.15, 0.2) is 11.6 Å². The highest BCUT2D eigenvalue weighted by Crippen LogP contribution is 2.50. The summed E-state index contributed by atoms with van der Waals surface area (Å²) < 4.78 is 23.1. The van der Waals surface area contributed by atoms with Crippen LogP contribution < -0.4 is 0 Å². The molecule has 6 heteroatoms. The van der Waals surface area contributed by atoms with Gasteiger partial charge >= 0.3 is 7.60 Å². The van der Waals surface area contributed by atoms with Gasteiger partial charge in [-0.25, -0.2) is 0 Å². The minimum atomic E-state index is -3.35. The number of Topliss-reactive ketones (excluding diaryl/α,β-unsaturated/α-hetero) is 2. The zero-order valence-electron chi connectivity index (χ0n) is 12.4. The molecule has 0 amide bonds. The van der Waals surface area contributed by atoms with E-state index in [9.17, 15) is 14.2 Å². The fourth-order valence-corrected chi connectivity index (χ4v) is 3.40. The van der Waals surface area contributed by atoms with Gasteiger partial charge in [0, 0.05) is 0 Å². The normalized spacial score (nSPS) is 11.8. The van der Waals surface area contributed by atoms with E-state index in [2.05, 4.69) is 0 Å². The summed E-state index contributed by atoms with van der Waals surface area (Å²) in [4.78, 5) is 22.6. The van der Waals surface area contributed by atoms with Crippen LogP contribution in [0.25, 0.3) is 0 Å². The van der Waals surface area contributed by atoms with Gasteiger partial charge in [0.25, 0.3) is 0 Å². The summed E-state index contributed by atoms with van der Waals surface area (Å²) in [6.07, 6.45) is 0.723. The number of hydrogen-bond acceptors (Lipinski definition) is 5. The maximum Gasteiger partial charge on any atom is 0.334 e. The minimum absolute atomic E-state index is 0.0277. The lowest BCUT2D eigenvalue weighted by molar-refractivity contribution is -0.119. The Hall–Kier alpha value is -0.770. The van der Waals surface area contributed by atoms with E-state index in [1.54, 1.807) is 27.7 Å². The van der Waals surface area contributed by atoms with Gasteiger partial charge in [0.05, 0.1) is 23.9 Å². The van der Waals surface area contributed by atoms with E-state index in [4.69, 9.17) is 9.05 Å². The molecule has 0 heterocycles. The van der Waals surface area contributed by atoms with Crippen molar-refractivity contribution < 1.29 is 23.2 Å². The molecule has 0 aliphatic rings. The lowest BCUT2D eigenvalue weighted by Gasteiger charge is -2.21. The molecule has 0 spiro atoms. The zero-order chi connectivity index (χ0) is 15.2. The highest BCUT2D eigenvalue weighted by atomic mass is 31.2. The van der Waals surface area contributed by atoms with Crippen molar-refractivity contribution in [3.63, 3.8) is 0 Å². The van der Waals surface area contributed by atoms with Crippen LogP contribution in [-0.2, 0) is 23.2 Å². The fourth-order valence-electron chi connectivity index (χ4n) is 1.49. The highest BCUT2D eigenvalue weighted by Gasteiger charge is 2.27. The largest absolute Gasteiger partial charge is 0.334 e. The maximum atomic E-state index is 12.5. The molecule has 19 heavy (non-hydrogen) atoms. The first-order valence-corrected chi connectivity index (χ1v) is 7.98. The summed E-state index contributed by atoms with van der Waals surface area (Å²) in [7, 11) is -3.35. The van der Waals surface area contributed by atoms with Gasteiger partial charge in [-0.15, -0.1) is 0 Å². The predicted octanol–water partition coefficient (Wildman–Crippen LogP) is 3.13. The van der Waals surface area contributed by atoms with Gasteiger partial charge in [0.1, 0.15) is 0 Å². The van der Waals surface area contributed by atoms with E-state index in [0.717, 1.165) is 0 Å². The van der Waals surface area contributed by atoms with Gasteiger partial charge in [-0.3, -0.25) is 14.2 Å². The highest BCUT2D eigenvalue weighted by molar-refractivity contribution is 7.54. The third-order valence-electron chi connectivity index (χ3n) is 2.02. The standard InChI is InChI=1S/C13H23O5P/c1-9(2)17-19(16,18-10(3)4)8-7-13(11(5)14)12(6)15/h7,9-10H,8H2,1-6H3. The molecule has 0 atom stereocenters. The van der Waals surface area contributed by atoms with E-state index < -0.39 is 7.60 Å². The van der Waals surface area contributed by atoms with Crippen LogP contribution in [0.2, 0.25) is 0 Å². The van der Waals surface area contributed by atoms with E-state index in [1.165, 1.54) is 19.9 Å². The Morgan fingerprint density at radius 2 is 1.37 bits per heavy atom. The molecule has 0 rings (SSSR count). The third-order valence-corrected chi connectivity index (χ3v) is 4.14. The molecule has 0 aliphatic carbocycles. The van der Waals surface area contributed by atoms with Gasteiger partial charge in [0.2, 0.25) is 0 Å². The molecular weight excluding hydrogens is 267 g/mol. The van der Waals surface area contributed by atoms with Crippen LogP contribution >= 0.6 is 7.60 Å². The molecule has 0 saturated carbocycles. The second-order valence-electron chi connectivity index (χ2n) is 4.83. The minimum Gasteiger partial charge on any atom is -0.306 e. The number of hydrogen-bond donors (Lipinski definition) is 0. The smallest absolute Gasteiger partial charge is 0.306 e. The van der Waals surface area contributed by atoms with Crippen molar-refractivity contribution in [1.29, 1.82) is 0 Å². The van der Waals surface area contributed by atoms with E-state index in [1.807, 2.05) is 0 Å². The van der Waals surface area contributed by atoms with Crippen molar-refractivity contribution in [3.05, 3.63) is 11.6 Å². The molecule has 5 nitrogen and oxygen atoms in total. The number of carbonyl (C=O) groups excluding carboxylic acids is 2. The summed E-state index contributed by atoms with van der Waals surface area (Å²) in [5.41, 5.74) is 0.0277. The van der Waals surface area contributed by atoms with Crippen LogP contribution in [0.4, 0.5) is 0 Å². The van der Waals surface area contributed by atoms with Crippen molar-refractivity contribution in [2.45, 2.75) is 53.8 Å². The molecule has 0 radical (unpaired) electrons. The molecule has 0 aromatic rings. The SMILES string of the molecule is CC(=O)C(=CCP(=O)(OC(C)C)OC(C)C)C(C)=O. The Balaban J connectivity index is 5.11. The van der Waals surface area contributed by atoms with E-state index >= 15 is 0 Å². The summed E-state index contributed by atoms with van der Waals surface area (Å²) in [5.74, 6) is -0.707. The maximum absolute atomic E-state index is 12.5. The molecule has 0 bridgehead atoms. The summed E-state index contributed by atoms with van der Waals surface area (Å²) in [6.45, 7) is 9.58. The molecule has 0 saturated heterocycles. The molecule has 0 aliphatic heterocycles. The van der Waals surface area contributed by atoms with Gasteiger partial charge < -0.3 is 9.05 Å². The quantitative estimate of drug-likeness (QED) is 0.297. The molecule has 0 unspecified atom stereocenters. The monoisotopic (exact) mass is 290 g/mol. The number of rotatable bonds is 8. The van der Waals surface area contributed by atoms with Crippen LogP contribution in [-0.4, -0.2) is 29.9 Å². The average Bonchev–Trinajstić information content (AvgIpc) is 2.12. The summed E-state index contributed by atoms with van der Waals surface area (Å²) >= 11 is 0. The van der Waals surface area contributed by atoms with Crippen molar-refractivity contribution in [1.82, 2.24) is 0 Å². The van der Waals surface area contributed by atoms with Gasteiger partial charge in [-0.1, -0.05) is 6.08 Å². The summed E-state index contributed by atoms with van der Waals surface area (Å²) in [5, 5.41) is 0. The molecule has 0 aromatic carbocycles. The Bertz CT molecular complexity index is 379. The number of carbonyl (C=O) groups is 2. The molecular formula is C13H23O5P. The van der Waals surface area contributed by atoms with Crippen molar-refractivity contribution in [3.8, 4) is 0 Å². The lowest BCUT2D eigenvalue weighted by atomic mass is 10.1. The van der Waals surface area contributed by atoms with Crippen LogP contribution in [0.3, 0.4) is 0 Å². The second-order valence-corrected chi connectivity index (χ2v) is 6.84. The first-order chi connectivity index (χ1) is 8.57. The molecule has 0 N–H and O–H groups in total. The Labute approximate surface area is 114 Å². The van der Waals surface area contributed by atoms with Crippen LogP contribution in [0.5, 0.6) is 0 Å². The predicted molar refractivity (Wildman–Crippen MR) is 74.4 cm³/mol. The first kappa shape index (κ1) is 18.2. The van der Waals surface area contributed by atoms with Crippen LogP contribution in [0.15, 0.2) is 11.6 Å². The summed E-state index contributed by atoms with van der Waals surface area (Å²) in [6, 6.07) is 0.